The number of carboxylic acids is 1. The van der Waals surface area contributed by atoms with Crippen molar-refractivity contribution in [1.29, 1.82) is 0 Å². The van der Waals surface area contributed by atoms with Gasteiger partial charge in [-0.15, -0.1) is 0 Å². The van der Waals surface area contributed by atoms with Crippen LogP contribution >= 0.6 is 0 Å². The number of ether oxygens (including phenoxy) is 1. The molecule has 4 heteroatoms. The second-order valence-electron chi connectivity index (χ2n) is 3.01. The van der Waals surface area contributed by atoms with Crippen molar-refractivity contribution in [2.75, 3.05) is 19.7 Å². The van der Waals surface area contributed by atoms with Crippen molar-refractivity contribution in [3.05, 3.63) is 0 Å². The second kappa shape index (κ2) is 3.87. The first-order valence-electron chi connectivity index (χ1n) is 4.29. The molecule has 0 saturated carbocycles. The van der Waals surface area contributed by atoms with E-state index in [-0.39, 0.29) is 0 Å². The average Bonchev–Trinajstić information content (AvgIpc) is 2.06. The number of nitrogens with one attached hydrogen (secondary N) is 1. The SMILES string of the molecule is CCOC1(C(=O)O)CCCNC1. The summed E-state index contributed by atoms with van der Waals surface area (Å²) in [7, 11) is 0. The largest absolute Gasteiger partial charge is 0.479 e. The van der Waals surface area contributed by atoms with Crippen LogP contribution in [-0.4, -0.2) is 36.4 Å². The standard InChI is InChI=1S/C8H15NO3/c1-2-12-8(7(10)11)4-3-5-9-6-8/h9H,2-6H2,1H3,(H,10,11). The zero-order valence-electron chi connectivity index (χ0n) is 7.30. The Kier molecular flexibility index (Phi) is 3.05. The minimum absolute atomic E-state index is 0.427. The lowest BCUT2D eigenvalue weighted by Crippen LogP contribution is -2.53. The molecular formula is C8H15NO3. The van der Waals surface area contributed by atoms with Crippen molar-refractivity contribution >= 4 is 5.97 Å². The van der Waals surface area contributed by atoms with Gasteiger partial charge in [-0.2, -0.15) is 0 Å². The van der Waals surface area contributed by atoms with Crippen LogP contribution in [-0.2, 0) is 9.53 Å². The van der Waals surface area contributed by atoms with Crippen LogP contribution in [0.4, 0.5) is 0 Å². The maximum absolute atomic E-state index is 10.9. The van der Waals surface area contributed by atoms with Crippen molar-refractivity contribution in [2.45, 2.75) is 25.4 Å². The summed E-state index contributed by atoms with van der Waals surface area (Å²) < 4.78 is 5.27. The number of aliphatic carboxylic acids is 1. The molecule has 0 radical (unpaired) electrons. The van der Waals surface area contributed by atoms with Crippen LogP contribution in [0.1, 0.15) is 19.8 Å². The van der Waals surface area contributed by atoms with E-state index in [1.165, 1.54) is 0 Å². The summed E-state index contributed by atoms with van der Waals surface area (Å²) in [6.45, 7) is 3.59. The fraction of sp³-hybridized carbons (Fsp3) is 0.875. The quantitative estimate of drug-likeness (QED) is 0.641. The second-order valence-corrected chi connectivity index (χ2v) is 3.01. The number of rotatable bonds is 3. The molecule has 0 aromatic rings. The number of hydrogen-bond acceptors (Lipinski definition) is 3. The van der Waals surface area contributed by atoms with E-state index in [9.17, 15) is 4.79 Å². The van der Waals surface area contributed by atoms with E-state index in [1.807, 2.05) is 6.92 Å². The molecular weight excluding hydrogens is 158 g/mol. The molecule has 0 bridgehead atoms. The van der Waals surface area contributed by atoms with Gasteiger partial charge in [0.2, 0.25) is 0 Å². The van der Waals surface area contributed by atoms with Gasteiger partial charge in [0.1, 0.15) is 0 Å². The van der Waals surface area contributed by atoms with Gasteiger partial charge in [0.05, 0.1) is 0 Å². The molecule has 0 amide bonds. The van der Waals surface area contributed by atoms with E-state index in [0.717, 1.165) is 13.0 Å². The minimum atomic E-state index is -0.965. The Morgan fingerprint density at radius 2 is 2.50 bits per heavy atom. The van der Waals surface area contributed by atoms with Gasteiger partial charge in [0.25, 0.3) is 0 Å². The third kappa shape index (κ3) is 1.76. The van der Waals surface area contributed by atoms with Crippen LogP contribution in [0.5, 0.6) is 0 Å². The van der Waals surface area contributed by atoms with E-state index in [1.54, 1.807) is 0 Å². The highest BCUT2D eigenvalue weighted by atomic mass is 16.5. The van der Waals surface area contributed by atoms with Crippen LogP contribution in [0, 0.1) is 0 Å². The van der Waals surface area contributed by atoms with Gasteiger partial charge in [-0.05, 0) is 26.3 Å². The summed E-state index contributed by atoms with van der Waals surface area (Å²) in [5.41, 5.74) is -0.965. The van der Waals surface area contributed by atoms with Gasteiger partial charge < -0.3 is 15.2 Å². The summed E-state index contributed by atoms with van der Waals surface area (Å²) in [5, 5.41) is 12.0. The Morgan fingerprint density at radius 3 is 2.92 bits per heavy atom. The summed E-state index contributed by atoms with van der Waals surface area (Å²) >= 11 is 0. The topological polar surface area (TPSA) is 58.6 Å². The zero-order chi connectivity index (χ0) is 9.03. The Labute approximate surface area is 71.9 Å². The molecule has 12 heavy (non-hydrogen) atoms. The van der Waals surface area contributed by atoms with Crippen LogP contribution in [0.3, 0.4) is 0 Å². The van der Waals surface area contributed by atoms with Gasteiger partial charge in [0.15, 0.2) is 5.60 Å². The maximum atomic E-state index is 10.9. The van der Waals surface area contributed by atoms with Crippen LogP contribution < -0.4 is 5.32 Å². The van der Waals surface area contributed by atoms with Crippen molar-refractivity contribution in [1.82, 2.24) is 5.32 Å². The lowest BCUT2D eigenvalue weighted by atomic mass is 9.94. The molecule has 1 heterocycles. The summed E-state index contributed by atoms with van der Waals surface area (Å²) in [5.74, 6) is -0.850. The molecule has 0 spiro atoms. The van der Waals surface area contributed by atoms with Crippen molar-refractivity contribution in [2.24, 2.45) is 0 Å². The molecule has 1 atom stereocenters. The molecule has 2 N–H and O–H groups in total. The number of carboxylic acid groups (broad SMARTS) is 1. The highest BCUT2D eigenvalue weighted by Crippen LogP contribution is 2.20. The first-order valence-corrected chi connectivity index (χ1v) is 4.29. The fourth-order valence-corrected chi connectivity index (χ4v) is 1.52. The molecule has 1 unspecified atom stereocenters. The van der Waals surface area contributed by atoms with Crippen molar-refractivity contribution in [3.63, 3.8) is 0 Å². The number of piperidine rings is 1. The van der Waals surface area contributed by atoms with Crippen LogP contribution in [0.15, 0.2) is 0 Å². The predicted molar refractivity (Wildman–Crippen MR) is 44.1 cm³/mol. The highest BCUT2D eigenvalue weighted by molar-refractivity contribution is 5.78. The molecule has 1 aliphatic heterocycles. The Bertz CT molecular complexity index is 158. The first kappa shape index (κ1) is 9.48. The minimum Gasteiger partial charge on any atom is -0.479 e. The number of hydrogen-bond donors (Lipinski definition) is 2. The Balaban J connectivity index is 2.63. The number of carbonyl (C=O) groups is 1. The van der Waals surface area contributed by atoms with Crippen molar-refractivity contribution < 1.29 is 14.6 Å². The lowest BCUT2D eigenvalue weighted by Gasteiger charge is -2.33. The van der Waals surface area contributed by atoms with Crippen molar-refractivity contribution in [3.8, 4) is 0 Å². The monoisotopic (exact) mass is 173 g/mol. The van der Waals surface area contributed by atoms with Gasteiger partial charge in [-0.3, -0.25) is 0 Å². The Hall–Kier alpha value is -0.610. The third-order valence-electron chi connectivity index (χ3n) is 2.16. The normalized spacial score (nSPS) is 30.1. The summed E-state index contributed by atoms with van der Waals surface area (Å²) in [6, 6.07) is 0. The smallest absolute Gasteiger partial charge is 0.337 e. The molecule has 70 valence electrons. The van der Waals surface area contributed by atoms with E-state index in [0.29, 0.717) is 19.6 Å². The van der Waals surface area contributed by atoms with E-state index in [2.05, 4.69) is 5.32 Å². The van der Waals surface area contributed by atoms with Gasteiger partial charge >= 0.3 is 5.97 Å². The maximum Gasteiger partial charge on any atom is 0.337 e. The first-order chi connectivity index (χ1) is 5.71. The highest BCUT2D eigenvalue weighted by Gasteiger charge is 2.40. The molecule has 0 aromatic carbocycles. The van der Waals surface area contributed by atoms with E-state index >= 15 is 0 Å². The molecule has 1 rings (SSSR count). The molecule has 0 aromatic heterocycles. The fourth-order valence-electron chi connectivity index (χ4n) is 1.52. The molecule has 4 nitrogen and oxygen atoms in total. The summed E-state index contributed by atoms with van der Waals surface area (Å²) in [4.78, 5) is 10.9. The molecule has 1 saturated heterocycles. The average molecular weight is 173 g/mol. The van der Waals surface area contributed by atoms with E-state index in [4.69, 9.17) is 9.84 Å². The molecule has 0 aliphatic carbocycles. The third-order valence-corrected chi connectivity index (χ3v) is 2.16. The summed E-state index contributed by atoms with van der Waals surface area (Å²) in [6.07, 6.45) is 1.48. The van der Waals surface area contributed by atoms with Crippen LogP contribution in [0.25, 0.3) is 0 Å². The molecule has 1 fully saturated rings. The van der Waals surface area contributed by atoms with Gasteiger partial charge in [0, 0.05) is 13.2 Å². The zero-order valence-corrected chi connectivity index (χ0v) is 7.30. The van der Waals surface area contributed by atoms with Gasteiger partial charge in [-0.1, -0.05) is 0 Å². The lowest BCUT2D eigenvalue weighted by molar-refractivity contribution is -0.167. The van der Waals surface area contributed by atoms with Crippen LogP contribution in [0.2, 0.25) is 0 Å². The molecule has 1 aliphatic rings. The predicted octanol–water partition coefficient (Wildman–Crippen LogP) is 0.230. The van der Waals surface area contributed by atoms with Gasteiger partial charge in [-0.25, -0.2) is 4.79 Å². The Morgan fingerprint density at radius 1 is 1.75 bits per heavy atom. The van der Waals surface area contributed by atoms with E-state index < -0.39 is 11.6 Å².